The molecule has 1 aliphatic rings. The molecule has 1 saturated carbocycles. The van der Waals surface area contributed by atoms with Crippen LogP contribution in [0.15, 0.2) is 30.6 Å². The standard InChI is InChI=1S/C15H15N5OS/c1-9(10-2-3-10)13(21)17-12-6-4-11(5-7-12)14-19-20-8-16-18-15(20)22-14/h4-10H,2-3H2,1H3,(H,17,21). The minimum absolute atomic E-state index is 0.0962. The third-order valence-corrected chi connectivity index (χ3v) is 4.99. The summed E-state index contributed by atoms with van der Waals surface area (Å²) in [6.45, 7) is 2.00. The van der Waals surface area contributed by atoms with Gasteiger partial charge in [-0.3, -0.25) is 4.79 Å². The molecule has 7 heteroatoms. The van der Waals surface area contributed by atoms with Crippen molar-refractivity contribution in [2.75, 3.05) is 5.32 Å². The lowest BCUT2D eigenvalue weighted by Crippen LogP contribution is -2.21. The van der Waals surface area contributed by atoms with E-state index < -0.39 is 0 Å². The molecular weight excluding hydrogens is 298 g/mol. The molecule has 3 aromatic rings. The molecule has 2 aromatic heterocycles. The average Bonchev–Trinajstić information content (AvgIpc) is 3.15. The number of hydrogen-bond acceptors (Lipinski definition) is 5. The van der Waals surface area contributed by atoms with Crippen molar-refractivity contribution in [3.8, 4) is 10.6 Å². The summed E-state index contributed by atoms with van der Waals surface area (Å²) >= 11 is 1.48. The molecule has 1 unspecified atom stereocenters. The van der Waals surface area contributed by atoms with Gasteiger partial charge in [0.1, 0.15) is 11.3 Å². The zero-order chi connectivity index (χ0) is 15.1. The van der Waals surface area contributed by atoms with Crippen molar-refractivity contribution in [3.05, 3.63) is 30.6 Å². The van der Waals surface area contributed by atoms with Crippen LogP contribution in [-0.4, -0.2) is 25.7 Å². The third kappa shape index (κ3) is 2.48. The Morgan fingerprint density at radius 2 is 2.14 bits per heavy atom. The second-order valence-corrected chi connectivity index (χ2v) is 6.61. The van der Waals surface area contributed by atoms with E-state index in [1.165, 1.54) is 24.2 Å². The Morgan fingerprint density at radius 3 is 2.82 bits per heavy atom. The molecule has 1 N–H and O–H groups in total. The molecule has 1 aromatic carbocycles. The monoisotopic (exact) mass is 313 g/mol. The molecule has 0 saturated heterocycles. The van der Waals surface area contributed by atoms with E-state index in [-0.39, 0.29) is 11.8 Å². The molecule has 0 aliphatic heterocycles. The predicted octanol–water partition coefficient (Wildman–Crippen LogP) is 2.84. The highest BCUT2D eigenvalue weighted by atomic mass is 32.1. The highest BCUT2D eigenvalue weighted by Gasteiger charge is 2.32. The van der Waals surface area contributed by atoms with Crippen molar-refractivity contribution < 1.29 is 4.79 Å². The summed E-state index contributed by atoms with van der Waals surface area (Å²) in [4.78, 5) is 12.9. The zero-order valence-electron chi connectivity index (χ0n) is 12.1. The van der Waals surface area contributed by atoms with Gasteiger partial charge in [0.25, 0.3) is 0 Å². The lowest BCUT2D eigenvalue weighted by Gasteiger charge is -2.11. The molecule has 1 amide bonds. The molecule has 0 radical (unpaired) electrons. The summed E-state index contributed by atoms with van der Waals surface area (Å²) in [5.41, 5.74) is 1.83. The van der Waals surface area contributed by atoms with E-state index in [0.29, 0.717) is 5.92 Å². The Morgan fingerprint density at radius 1 is 1.36 bits per heavy atom. The van der Waals surface area contributed by atoms with Crippen LogP contribution >= 0.6 is 11.3 Å². The number of carbonyl (C=O) groups is 1. The first-order chi connectivity index (χ1) is 10.7. The molecule has 22 heavy (non-hydrogen) atoms. The first-order valence-corrected chi connectivity index (χ1v) is 8.10. The lowest BCUT2D eigenvalue weighted by atomic mass is 10.1. The second-order valence-electron chi connectivity index (χ2n) is 5.66. The SMILES string of the molecule is CC(C(=O)Nc1ccc(-c2nn3cnnc3s2)cc1)C1CC1. The number of carbonyl (C=O) groups excluding carboxylic acids is 1. The number of benzene rings is 1. The van der Waals surface area contributed by atoms with Gasteiger partial charge in [0.15, 0.2) is 0 Å². The van der Waals surface area contributed by atoms with E-state index in [4.69, 9.17) is 0 Å². The van der Waals surface area contributed by atoms with Crippen LogP contribution in [0.4, 0.5) is 5.69 Å². The van der Waals surface area contributed by atoms with Crippen LogP contribution in [0.25, 0.3) is 15.5 Å². The Kier molecular flexibility index (Phi) is 3.15. The number of fused-ring (bicyclic) bond motifs is 1. The fourth-order valence-electron chi connectivity index (χ4n) is 2.44. The van der Waals surface area contributed by atoms with Crippen molar-refractivity contribution in [2.45, 2.75) is 19.8 Å². The topological polar surface area (TPSA) is 72.2 Å². The van der Waals surface area contributed by atoms with Gasteiger partial charge in [-0.15, -0.1) is 10.2 Å². The average molecular weight is 313 g/mol. The Balaban J connectivity index is 1.50. The zero-order valence-corrected chi connectivity index (χ0v) is 12.9. The van der Waals surface area contributed by atoms with E-state index >= 15 is 0 Å². The fourth-order valence-corrected chi connectivity index (χ4v) is 3.26. The van der Waals surface area contributed by atoms with Crippen LogP contribution < -0.4 is 5.32 Å². The molecule has 1 fully saturated rings. The van der Waals surface area contributed by atoms with E-state index in [1.54, 1.807) is 10.8 Å². The smallest absolute Gasteiger partial charge is 0.234 e. The van der Waals surface area contributed by atoms with Crippen LogP contribution in [0.3, 0.4) is 0 Å². The van der Waals surface area contributed by atoms with Crippen molar-refractivity contribution in [1.82, 2.24) is 19.8 Å². The maximum absolute atomic E-state index is 12.1. The number of rotatable bonds is 4. The number of amides is 1. The minimum Gasteiger partial charge on any atom is -0.326 e. The second kappa shape index (κ2) is 5.17. The molecule has 1 aliphatic carbocycles. The molecule has 0 spiro atoms. The fraction of sp³-hybridized carbons (Fsp3) is 0.333. The molecule has 1 atom stereocenters. The quantitative estimate of drug-likeness (QED) is 0.804. The summed E-state index contributed by atoms with van der Waals surface area (Å²) in [6, 6.07) is 7.75. The Bertz CT molecular complexity index is 789. The predicted molar refractivity (Wildman–Crippen MR) is 84.6 cm³/mol. The summed E-state index contributed by atoms with van der Waals surface area (Å²) in [7, 11) is 0. The van der Waals surface area contributed by atoms with Gasteiger partial charge in [0.05, 0.1) is 0 Å². The van der Waals surface area contributed by atoms with Gasteiger partial charge >= 0.3 is 0 Å². The van der Waals surface area contributed by atoms with E-state index in [9.17, 15) is 4.79 Å². The summed E-state index contributed by atoms with van der Waals surface area (Å²) < 4.78 is 1.66. The molecular formula is C15H15N5OS. The largest absolute Gasteiger partial charge is 0.326 e. The van der Waals surface area contributed by atoms with Crippen molar-refractivity contribution in [3.63, 3.8) is 0 Å². The van der Waals surface area contributed by atoms with Crippen LogP contribution in [-0.2, 0) is 4.79 Å². The Labute approximate surface area is 131 Å². The number of nitrogens with zero attached hydrogens (tertiary/aromatic N) is 4. The Hall–Kier alpha value is -2.28. The van der Waals surface area contributed by atoms with Gasteiger partial charge in [-0.05, 0) is 43.0 Å². The first kappa shape index (κ1) is 13.4. The van der Waals surface area contributed by atoms with Crippen LogP contribution in [0.5, 0.6) is 0 Å². The van der Waals surface area contributed by atoms with Crippen LogP contribution in [0, 0.1) is 11.8 Å². The highest BCUT2D eigenvalue weighted by Crippen LogP contribution is 2.37. The maximum Gasteiger partial charge on any atom is 0.234 e. The number of hydrogen-bond donors (Lipinski definition) is 1. The molecule has 4 rings (SSSR count). The first-order valence-electron chi connectivity index (χ1n) is 7.29. The van der Waals surface area contributed by atoms with Crippen LogP contribution in [0.1, 0.15) is 19.8 Å². The van der Waals surface area contributed by atoms with Gasteiger partial charge in [-0.25, -0.2) is 0 Å². The van der Waals surface area contributed by atoms with E-state index in [1.807, 2.05) is 31.2 Å². The van der Waals surface area contributed by atoms with Crippen molar-refractivity contribution >= 4 is 27.9 Å². The van der Waals surface area contributed by atoms with Gasteiger partial charge in [0.2, 0.25) is 10.9 Å². The lowest BCUT2D eigenvalue weighted by molar-refractivity contribution is -0.119. The molecule has 2 heterocycles. The van der Waals surface area contributed by atoms with Crippen molar-refractivity contribution in [1.29, 1.82) is 0 Å². The number of nitrogens with one attached hydrogen (secondary N) is 1. The van der Waals surface area contributed by atoms with E-state index in [0.717, 1.165) is 21.2 Å². The summed E-state index contributed by atoms with van der Waals surface area (Å²) in [5.74, 6) is 0.771. The van der Waals surface area contributed by atoms with Gasteiger partial charge in [-0.1, -0.05) is 18.3 Å². The molecule has 6 nitrogen and oxygen atoms in total. The van der Waals surface area contributed by atoms with Crippen LogP contribution in [0.2, 0.25) is 0 Å². The summed E-state index contributed by atoms with van der Waals surface area (Å²) in [6.07, 6.45) is 3.94. The van der Waals surface area contributed by atoms with Crippen molar-refractivity contribution in [2.24, 2.45) is 11.8 Å². The van der Waals surface area contributed by atoms with Gasteiger partial charge in [0, 0.05) is 17.2 Å². The normalized spacial score (nSPS) is 15.9. The number of anilines is 1. The number of aromatic nitrogens is 4. The van der Waals surface area contributed by atoms with Gasteiger partial charge in [-0.2, -0.15) is 9.61 Å². The minimum atomic E-state index is 0.0962. The highest BCUT2D eigenvalue weighted by molar-refractivity contribution is 7.19. The van der Waals surface area contributed by atoms with E-state index in [2.05, 4.69) is 20.6 Å². The summed E-state index contributed by atoms with van der Waals surface area (Å²) in [5, 5.41) is 16.0. The maximum atomic E-state index is 12.1. The third-order valence-electron chi connectivity index (χ3n) is 4.03. The molecule has 0 bridgehead atoms. The van der Waals surface area contributed by atoms with Gasteiger partial charge < -0.3 is 5.32 Å². The molecule has 112 valence electrons.